The molecule has 0 radical (unpaired) electrons. The van der Waals surface area contributed by atoms with Crippen LogP contribution in [0, 0.1) is 13.8 Å². The number of halogens is 1. The number of aromatic nitrogens is 4. The summed E-state index contributed by atoms with van der Waals surface area (Å²) in [7, 11) is 0. The minimum absolute atomic E-state index is 0.0542. The molecule has 0 atom stereocenters. The van der Waals surface area contributed by atoms with E-state index in [1.807, 2.05) is 34.6 Å². The summed E-state index contributed by atoms with van der Waals surface area (Å²) >= 11 is 3.42. The highest BCUT2D eigenvalue weighted by Gasteiger charge is 2.08. The summed E-state index contributed by atoms with van der Waals surface area (Å²) in [6, 6.07) is 8.20. The molecule has 3 aromatic rings. The molecule has 0 saturated carbocycles. The van der Waals surface area contributed by atoms with E-state index < -0.39 is 0 Å². The predicted octanol–water partition coefficient (Wildman–Crippen LogP) is 3.54. The zero-order chi connectivity index (χ0) is 17.8. The van der Waals surface area contributed by atoms with Gasteiger partial charge in [0.25, 0.3) is 0 Å². The maximum absolute atomic E-state index is 12.1. The van der Waals surface area contributed by atoms with Crippen LogP contribution in [0.1, 0.15) is 23.2 Å². The van der Waals surface area contributed by atoms with Gasteiger partial charge < -0.3 is 5.32 Å². The van der Waals surface area contributed by atoms with Gasteiger partial charge in [0.15, 0.2) is 0 Å². The zero-order valence-corrected chi connectivity index (χ0v) is 15.8. The van der Waals surface area contributed by atoms with Crippen molar-refractivity contribution in [2.75, 3.05) is 5.32 Å². The number of hydrogen-bond donors (Lipinski definition) is 1. The Hall–Kier alpha value is -2.41. The Kier molecular flexibility index (Phi) is 5.33. The first kappa shape index (κ1) is 17.4. The quantitative estimate of drug-likeness (QED) is 0.686. The second-order valence-electron chi connectivity index (χ2n) is 5.95. The Balaban J connectivity index is 1.55. The average molecular weight is 402 g/mol. The molecule has 0 unspecified atom stereocenters. The molecule has 0 fully saturated rings. The van der Waals surface area contributed by atoms with E-state index in [0.717, 1.165) is 10.2 Å². The van der Waals surface area contributed by atoms with Crippen LogP contribution in [0.5, 0.6) is 0 Å². The molecule has 1 aromatic carbocycles. The van der Waals surface area contributed by atoms with Gasteiger partial charge in [0, 0.05) is 18.3 Å². The summed E-state index contributed by atoms with van der Waals surface area (Å²) < 4.78 is 4.59. The minimum Gasteiger partial charge on any atom is -0.323 e. The van der Waals surface area contributed by atoms with E-state index >= 15 is 0 Å². The Bertz CT molecular complexity index is 883. The van der Waals surface area contributed by atoms with E-state index in [1.165, 1.54) is 11.1 Å². The number of carbonyl (C=O) groups excluding carboxylic acids is 1. The molecule has 0 aliphatic heterocycles. The molecule has 0 spiro atoms. The topological polar surface area (TPSA) is 64.7 Å². The van der Waals surface area contributed by atoms with Crippen LogP contribution in [0.2, 0.25) is 0 Å². The average Bonchev–Trinajstić information content (AvgIpc) is 3.15. The fourth-order valence-electron chi connectivity index (χ4n) is 2.56. The number of amides is 1. The number of benzene rings is 1. The Morgan fingerprint density at radius 2 is 2.00 bits per heavy atom. The molecule has 2 aromatic heterocycles. The minimum atomic E-state index is -0.0542. The third-order valence-electron chi connectivity index (χ3n) is 4.10. The summed E-state index contributed by atoms with van der Waals surface area (Å²) in [5, 5.41) is 11.4. The lowest BCUT2D eigenvalue weighted by Gasteiger charge is -2.06. The molecule has 3 rings (SSSR count). The zero-order valence-electron chi connectivity index (χ0n) is 14.2. The van der Waals surface area contributed by atoms with Crippen molar-refractivity contribution in [1.82, 2.24) is 19.6 Å². The van der Waals surface area contributed by atoms with Gasteiger partial charge in [-0.2, -0.15) is 10.2 Å². The van der Waals surface area contributed by atoms with Crippen molar-refractivity contribution in [3.05, 3.63) is 64.1 Å². The first-order valence-corrected chi connectivity index (χ1v) is 8.87. The summed E-state index contributed by atoms with van der Waals surface area (Å²) in [6.07, 6.45) is 5.62. The van der Waals surface area contributed by atoms with Gasteiger partial charge >= 0.3 is 0 Å². The molecule has 6 nitrogen and oxygen atoms in total. The maximum atomic E-state index is 12.1. The molecular weight excluding hydrogens is 382 g/mol. The van der Waals surface area contributed by atoms with Crippen molar-refractivity contribution in [2.24, 2.45) is 0 Å². The largest absolute Gasteiger partial charge is 0.323 e. The number of rotatable bonds is 6. The Morgan fingerprint density at radius 3 is 2.72 bits per heavy atom. The standard InChI is InChI=1S/C18H20BrN5O/c1-13-5-3-4-6-15(13)11-23-12-16(9-20-23)22-18(25)7-8-24-14(2)17(19)10-21-24/h3-6,9-10,12H,7-8,11H2,1-2H3,(H,22,25). The molecule has 130 valence electrons. The highest BCUT2D eigenvalue weighted by atomic mass is 79.9. The van der Waals surface area contributed by atoms with Crippen LogP contribution in [0.15, 0.2) is 47.3 Å². The molecule has 0 bridgehead atoms. The Labute approximate surface area is 155 Å². The summed E-state index contributed by atoms with van der Waals surface area (Å²) in [6.45, 7) is 5.27. The van der Waals surface area contributed by atoms with E-state index in [2.05, 4.69) is 50.5 Å². The number of carbonyl (C=O) groups is 1. The van der Waals surface area contributed by atoms with Gasteiger partial charge in [0.2, 0.25) is 5.91 Å². The Morgan fingerprint density at radius 1 is 1.20 bits per heavy atom. The van der Waals surface area contributed by atoms with E-state index in [-0.39, 0.29) is 5.91 Å². The number of nitrogens with zero attached hydrogens (tertiary/aromatic N) is 4. The van der Waals surface area contributed by atoms with Crippen LogP contribution in [0.3, 0.4) is 0 Å². The smallest absolute Gasteiger partial charge is 0.226 e. The van der Waals surface area contributed by atoms with Crippen molar-refractivity contribution < 1.29 is 4.79 Å². The van der Waals surface area contributed by atoms with Crippen LogP contribution in [-0.2, 0) is 17.9 Å². The van der Waals surface area contributed by atoms with Crippen molar-refractivity contribution >= 4 is 27.5 Å². The van der Waals surface area contributed by atoms with Crippen molar-refractivity contribution in [3.63, 3.8) is 0 Å². The van der Waals surface area contributed by atoms with Gasteiger partial charge in [-0.25, -0.2) is 0 Å². The summed E-state index contributed by atoms with van der Waals surface area (Å²) in [5.41, 5.74) is 4.16. The van der Waals surface area contributed by atoms with Crippen LogP contribution in [0.4, 0.5) is 5.69 Å². The maximum Gasteiger partial charge on any atom is 0.226 e. The highest BCUT2D eigenvalue weighted by molar-refractivity contribution is 9.10. The van der Waals surface area contributed by atoms with E-state index in [0.29, 0.717) is 25.2 Å². The normalized spacial score (nSPS) is 10.8. The van der Waals surface area contributed by atoms with Crippen LogP contribution in [0.25, 0.3) is 0 Å². The van der Waals surface area contributed by atoms with Gasteiger partial charge in [-0.15, -0.1) is 0 Å². The van der Waals surface area contributed by atoms with E-state index in [9.17, 15) is 4.79 Å². The lowest BCUT2D eigenvalue weighted by atomic mass is 10.1. The van der Waals surface area contributed by atoms with Crippen molar-refractivity contribution in [2.45, 2.75) is 33.4 Å². The predicted molar refractivity (Wildman–Crippen MR) is 100 cm³/mol. The molecule has 0 saturated heterocycles. The molecular formula is C18H20BrN5O. The van der Waals surface area contributed by atoms with E-state index in [4.69, 9.17) is 0 Å². The third kappa shape index (κ3) is 4.36. The SMILES string of the molecule is Cc1ccccc1Cn1cc(NC(=O)CCn2ncc(Br)c2C)cn1. The van der Waals surface area contributed by atoms with E-state index in [1.54, 1.807) is 12.4 Å². The first-order valence-electron chi connectivity index (χ1n) is 8.07. The fraction of sp³-hybridized carbons (Fsp3) is 0.278. The number of anilines is 1. The molecule has 1 amide bonds. The monoisotopic (exact) mass is 401 g/mol. The number of hydrogen-bond acceptors (Lipinski definition) is 3. The molecule has 7 heteroatoms. The molecule has 25 heavy (non-hydrogen) atoms. The number of nitrogens with one attached hydrogen (secondary N) is 1. The van der Waals surface area contributed by atoms with Gasteiger partial charge in [-0.1, -0.05) is 24.3 Å². The third-order valence-corrected chi connectivity index (χ3v) is 4.88. The van der Waals surface area contributed by atoms with Crippen LogP contribution in [-0.4, -0.2) is 25.5 Å². The summed E-state index contributed by atoms with van der Waals surface area (Å²) in [4.78, 5) is 12.1. The first-order chi connectivity index (χ1) is 12.0. The molecule has 2 heterocycles. The van der Waals surface area contributed by atoms with Crippen LogP contribution < -0.4 is 5.32 Å². The van der Waals surface area contributed by atoms with Crippen LogP contribution >= 0.6 is 15.9 Å². The molecule has 0 aliphatic carbocycles. The fourth-order valence-corrected chi connectivity index (χ4v) is 2.85. The second kappa shape index (κ2) is 7.65. The summed E-state index contributed by atoms with van der Waals surface area (Å²) in [5.74, 6) is -0.0542. The lowest BCUT2D eigenvalue weighted by molar-refractivity contribution is -0.116. The molecule has 1 N–H and O–H groups in total. The van der Waals surface area contributed by atoms with Gasteiger partial charge in [-0.05, 0) is 40.9 Å². The van der Waals surface area contributed by atoms with Gasteiger partial charge in [0.05, 0.1) is 35.6 Å². The highest BCUT2D eigenvalue weighted by Crippen LogP contribution is 2.15. The second-order valence-corrected chi connectivity index (χ2v) is 6.81. The van der Waals surface area contributed by atoms with Crippen molar-refractivity contribution in [1.29, 1.82) is 0 Å². The van der Waals surface area contributed by atoms with Crippen molar-refractivity contribution in [3.8, 4) is 0 Å². The lowest BCUT2D eigenvalue weighted by Crippen LogP contribution is -2.15. The molecule has 0 aliphatic rings. The van der Waals surface area contributed by atoms with Gasteiger partial charge in [0.1, 0.15) is 0 Å². The van der Waals surface area contributed by atoms with Gasteiger partial charge in [-0.3, -0.25) is 14.2 Å². The number of aryl methyl sites for hydroxylation is 2.